The molecule has 0 fully saturated rings. The predicted octanol–water partition coefficient (Wildman–Crippen LogP) is 4.96. The van der Waals surface area contributed by atoms with Gasteiger partial charge >= 0.3 is 18.2 Å². The monoisotopic (exact) mass is 476 g/mol. The van der Waals surface area contributed by atoms with Gasteiger partial charge in [0.1, 0.15) is 17.2 Å². The second kappa shape index (κ2) is 12.8. The maximum atomic E-state index is 12.4. The minimum atomic E-state index is -0.693. The van der Waals surface area contributed by atoms with Crippen molar-refractivity contribution in [2.24, 2.45) is 5.41 Å². The largest absolute Gasteiger partial charge is 0.427 e. The summed E-state index contributed by atoms with van der Waals surface area (Å²) in [4.78, 5) is 36.9. The van der Waals surface area contributed by atoms with E-state index in [2.05, 4.69) is 10.6 Å². The summed E-state index contributed by atoms with van der Waals surface area (Å²) >= 11 is 0. The highest BCUT2D eigenvalue weighted by atomic mass is 16.6. The summed E-state index contributed by atoms with van der Waals surface area (Å²) in [5, 5.41) is 5.43. The highest BCUT2D eigenvalue weighted by Gasteiger charge is 2.28. The van der Waals surface area contributed by atoms with Gasteiger partial charge in [-0.05, 0) is 42.8 Å². The number of carbonyl (C=O) groups is 3. The van der Waals surface area contributed by atoms with E-state index in [1.807, 2.05) is 25.1 Å². The molecule has 0 aromatic heterocycles. The molecule has 0 aliphatic carbocycles. The van der Waals surface area contributed by atoms with E-state index >= 15 is 0 Å². The Morgan fingerprint density at radius 2 is 1.00 bits per heavy atom. The van der Waals surface area contributed by atoms with Gasteiger partial charge in [-0.25, -0.2) is 9.59 Å². The standard InChI is InChI=1S/C27H28N2O6/c1-27(18-17-24(30)33-21-11-5-2-6-12-21,19-28-25(31)34-22-13-7-3-8-14-22)20-29-26(32)35-23-15-9-4-10-16-23/h2-16H,17-20H2,1H3,(H,28,31)(H,29,32). The lowest BCUT2D eigenvalue weighted by atomic mass is 9.85. The molecule has 0 saturated heterocycles. The van der Waals surface area contributed by atoms with Gasteiger partial charge < -0.3 is 24.8 Å². The summed E-state index contributed by atoms with van der Waals surface area (Å²) in [5.74, 6) is 0.847. The molecule has 0 heterocycles. The van der Waals surface area contributed by atoms with E-state index in [9.17, 15) is 14.4 Å². The molecule has 0 spiro atoms. The maximum absolute atomic E-state index is 12.4. The molecule has 35 heavy (non-hydrogen) atoms. The van der Waals surface area contributed by atoms with Crippen LogP contribution in [0.1, 0.15) is 19.8 Å². The molecule has 0 saturated carbocycles. The van der Waals surface area contributed by atoms with Crippen molar-refractivity contribution in [1.29, 1.82) is 0 Å². The van der Waals surface area contributed by atoms with Crippen LogP contribution in [0, 0.1) is 5.41 Å². The van der Waals surface area contributed by atoms with Crippen molar-refractivity contribution < 1.29 is 28.6 Å². The first-order valence-corrected chi connectivity index (χ1v) is 11.2. The molecule has 0 aliphatic heterocycles. The van der Waals surface area contributed by atoms with Crippen molar-refractivity contribution >= 4 is 18.2 Å². The fourth-order valence-electron chi connectivity index (χ4n) is 3.15. The zero-order valence-electron chi connectivity index (χ0n) is 19.4. The fourth-order valence-corrected chi connectivity index (χ4v) is 3.15. The van der Waals surface area contributed by atoms with Gasteiger partial charge in [-0.2, -0.15) is 0 Å². The summed E-state index contributed by atoms with van der Waals surface area (Å²) in [7, 11) is 0. The van der Waals surface area contributed by atoms with Crippen LogP contribution in [0.2, 0.25) is 0 Å². The van der Waals surface area contributed by atoms with Crippen LogP contribution in [-0.2, 0) is 4.79 Å². The smallest absolute Gasteiger partial charge is 0.412 e. The van der Waals surface area contributed by atoms with Gasteiger partial charge in [0.15, 0.2) is 0 Å². The lowest BCUT2D eigenvalue weighted by Gasteiger charge is -2.29. The minimum absolute atomic E-state index is 0.0796. The van der Waals surface area contributed by atoms with Crippen LogP contribution >= 0.6 is 0 Å². The number of ether oxygens (including phenoxy) is 3. The van der Waals surface area contributed by atoms with Gasteiger partial charge in [0, 0.05) is 24.9 Å². The maximum Gasteiger partial charge on any atom is 0.412 e. The van der Waals surface area contributed by atoms with Gasteiger partial charge in [0.2, 0.25) is 0 Å². The Hall–Kier alpha value is -4.33. The highest BCUT2D eigenvalue weighted by molar-refractivity contribution is 5.73. The second-order valence-corrected chi connectivity index (χ2v) is 8.21. The van der Waals surface area contributed by atoms with Crippen LogP contribution in [0.4, 0.5) is 9.59 Å². The SMILES string of the molecule is CC(CCC(=O)Oc1ccccc1)(CNC(=O)Oc1ccccc1)CNC(=O)Oc1ccccc1. The number of hydrogen-bond acceptors (Lipinski definition) is 6. The number of para-hydroxylation sites is 3. The first-order chi connectivity index (χ1) is 16.9. The van der Waals surface area contributed by atoms with Crippen LogP contribution in [0.15, 0.2) is 91.0 Å². The van der Waals surface area contributed by atoms with Crippen molar-refractivity contribution in [2.45, 2.75) is 19.8 Å². The van der Waals surface area contributed by atoms with Gasteiger partial charge in [-0.15, -0.1) is 0 Å². The van der Waals surface area contributed by atoms with Crippen molar-refractivity contribution in [2.75, 3.05) is 13.1 Å². The fraction of sp³-hybridized carbons (Fsp3) is 0.222. The third kappa shape index (κ3) is 9.21. The molecular weight excluding hydrogens is 448 g/mol. The number of amides is 2. The highest BCUT2D eigenvalue weighted by Crippen LogP contribution is 2.23. The second-order valence-electron chi connectivity index (χ2n) is 8.21. The molecule has 0 aliphatic rings. The molecule has 8 heteroatoms. The molecule has 3 rings (SSSR count). The van der Waals surface area contributed by atoms with Gasteiger partial charge in [0.05, 0.1) is 0 Å². The number of carbonyl (C=O) groups excluding carboxylic acids is 3. The molecule has 182 valence electrons. The average molecular weight is 477 g/mol. The summed E-state index contributed by atoms with van der Waals surface area (Å²) in [5.41, 5.74) is -0.693. The van der Waals surface area contributed by atoms with E-state index in [-0.39, 0.29) is 19.5 Å². The quantitative estimate of drug-likeness (QED) is 0.317. The van der Waals surface area contributed by atoms with Crippen LogP contribution in [0.25, 0.3) is 0 Å². The van der Waals surface area contributed by atoms with Gasteiger partial charge in [-0.3, -0.25) is 4.79 Å². The summed E-state index contributed by atoms with van der Waals surface area (Å²) < 4.78 is 15.9. The molecule has 8 nitrogen and oxygen atoms in total. The van der Waals surface area contributed by atoms with E-state index in [1.165, 1.54) is 0 Å². The van der Waals surface area contributed by atoms with E-state index in [0.717, 1.165) is 0 Å². The number of benzene rings is 3. The molecule has 3 aromatic rings. The number of rotatable bonds is 10. The Balaban J connectivity index is 1.57. The first-order valence-electron chi connectivity index (χ1n) is 11.2. The Bertz CT molecular complexity index is 951. The minimum Gasteiger partial charge on any atom is -0.427 e. The molecule has 2 amide bonds. The normalized spacial score (nSPS) is 10.7. The van der Waals surface area contributed by atoms with E-state index in [4.69, 9.17) is 14.2 Å². The van der Waals surface area contributed by atoms with Crippen molar-refractivity contribution in [3.05, 3.63) is 91.0 Å². The summed E-state index contributed by atoms with van der Waals surface area (Å²) in [6, 6.07) is 26.1. The van der Waals surface area contributed by atoms with E-state index in [1.54, 1.807) is 72.8 Å². The Morgan fingerprint density at radius 3 is 1.40 bits per heavy atom. The summed E-state index contributed by atoms with van der Waals surface area (Å²) in [6.07, 6.45) is -0.867. The van der Waals surface area contributed by atoms with Gasteiger partial charge in [-0.1, -0.05) is 61.5 Å². The number of nitrogens with one attached hydrogen (secondary N) is 2. The van der Waals surface area contributed by atoms with Crippen LogP contribution in [-0.4, -0.2) is 31.2 Å². The van der Waals surface area contributed by atoms with Crippen molar-refractivity contribution in [3.8, 4) is 17.2 Å². The molecule has 3 aromatic carbocycles. The van der Waals surface area contributed by atoms with Crippen LogP contribution in [0.5, 0.6) is 17.2 Å². The summed E-state index contributed by atoms with van der Waals surface area (Å²) in [6.45, 7) is 2.13. The third-order valence-corrected chi connectivity index (χ3v) is 5.13. The van der Waals surface area contributed by atoms with E-state index < -0.39 is 23.6 Å². The van der Waals surface area contributed by atoms with E-state index in [0.29, 0.717) is 23.7 Å². The topological polar surface area (TPSA) is 103 Å². The molecule has 2 N–H and O–H groups in total. The molecule has 0 atom stereocenters. The zero-order chi connectivity index (χ0) is 24.9. The van der Waals surface area contributed by atoms with Crippen LogP contribution < -0.4 is 24.8 Å². The Kier molecular flexibility index (Phi) is 9.24. The first kappa shape index (κ1) is 25.3. The molecule has 0 unspecified atom stereocenters. The average Bonchev–Trinajstić information content (AvgIpc) is 2.87. The zero-order valence-corrected chi connectivity index (χ0v) is 19.4. The number of esters is 1. The molecule has 0 bridgehead atoms. The van der Waals surface area contributed by atoms with Crippen LogP contribution in [0.3, 0.4) is 0 Å². The predicted molar refractivity (Wildman–Crippen MR) is 130 cm³/mol. The molecule has 0 radical (unpaired) electrons. The van der Waals surface area contributed by atoms with Crippen molar-refractivity contribution in [3.63, 3.8) is 0 Å². The third-order valence-electron chi connectivity index (χ3n) is 5.13. The van der Waals surface area contributed by atoms with Gasteiger partial charge in [0.25, 0.3) is 0 Å². The Labute approximate surface area is 204 Å². The lowest BCUT2D eigenvalue weighted by Crippen LogP contribution is -2.45. The molecular formula is C27H28N2O6. The Morgan fingerprint density at radius 1 is 0.629 bits per heavy atom. The van der Waals surface area contributed by atoms with Crippen molar-refractivity contribution in [1.82, 2.24) is 10.6 Å². The number of hydrogen-bond donors (Lipinski definition) is 2. The lowest BCUT2D eigenvalue weighted by molar-refractivity contribution is -0.135.